The van der Waals surface area contributed by atoms with Crippen LogP contribution in [0.5, 0.6) is 0 Å². The maximum Gasteiger partial charge on any atom is 0.234 e. The minimum atomic E-state index is -0.0297. The molecule has 25 heavy (non-hydrogen) atoms. The van der Waals surface area contributed by atoms with Gasteiger partial charge in [0.05, 0.1) is 11.4 Å². The fourth-order valence-corrected chi connectivity index (χ4v) is 3.27. The van der Waals surface area contributed by atoms with Gasteiger partial charge >= 0.3 is 0 Å². The average molecular weight is 351 g/mol. The summed E-state index contributed by atoms with van der Waals surface area (Å²) in [5.41, 5.74) is 5.21. The van der Waals surface area contributed by atoms with E-state index in [1.165, 1.54) is 17.3 Å². The molecule has 0 aliphatic rings. The number of aromatic amines is 1. The maximum atomic E-state index is 12.1. The number of aromatic nitrogens is 2. The molecule has 0 saturated heterocycles. The fourth-order valence-electron chi connectivity index (χ4n) is 2.53. The number of anilines is 1. The van der Waals surface area contributed by atoms with Crippen LogP contribution in [0.4, 0.5) is 5.69 Å². The van der Waals surface area contributed by atoms with Gasteiger partial charge in [-0.05, 0) is 31.0 Å². The topological polar surface area (TPSA) is 57.8 Å². The Morgan fingerprint density at radius 3 is 2.56 bits per heavy atom. The van der Waals surface area contributed by atoms with Crippen molar-refractivity contribution >= 4 is 23.4 Å². The van der Waals surface area contributed by atoms with Gasteiger partial charge in [-0.15, -0.1) is 0 Å². The lowest BCUT2D eigenvalue weighted by molar-refractivity contribution is -0.113. The molecular formula is C20H21N3OS. The summed E-state index contributed by atoms with van der Waals surface area (Å²) >= 11 is 1.42. The van der Waals surface area contributed by atoms with Crippen molar-refractivity contribution in [1.82, 2.24) is 9.97 Å². The van der Waals surface area contributed by atoms with Crippen molar-refractivity contribution in [2.24, 2.45) is 0 Å². The van der Waals surface area contributed by atoms with Gasteiger partial charge in [-0.25, -0.2) is 4.98 Å². The molecule has 4 nitrogen and oxygen atoms in total. The van der Waals surface area contributed by atoms with Gasteiger partial charge in [0, 0.05) is 17.8 Å². The van der Waals surface area contributed by atoms with Crippen LogP contribution in [0.3, 0.4) is 0 Å². The van der Waals surface area contributed by atoms with Gasteiger partial charge in [0.1, 0.15) is 0 Å². The number of para-hydroxylation sites is 1. The molecule has 1 aromatic heterocycles. The molecule has 0 unspecified atom stereocenters. The highest BCUT2D eigenvalue weighted by Crippen LogP contribution is 2.20. The van der Waals surface area contributed by atoms with Crippen LogP contribution in [-0.2, 0) is 11.2 Å². The smallest absolute Gasteiger partial charge is 0.234 e. The highest BCUT2D eigenvalue weighted by molar-refractivity contribution is 7.99. The third-order valence-electron chi connectivity index (χ3n) is 3.94. The summed E-state index contributed by atoms with van der Waals surface area (Å²) in [7, 11) is 0. The third-order valence-corrected chi connectivity index (χ3v) is 4.81. The number of hydrogen-bond acceptors (Lipinski definition) is 3. The van der Waals surface area contributed by atoms with Crippen LogP contribution in [0, 0.1) is 13.8 Å². The number of carbonyl (C=O) groups is 1. The Morgan fingerprint density at radius 1 is 1.08 bits per heavy atom. The third kappa shape index (κ3) is 4.73. The molecule has 2 N–H and O–H groups in total. The van der Waals surface area contributed by atoms with Gasteiger partial charge in [0.25, 0.3) is 0 Å². The summed E-state index contributed by atoms with van der Waals surface area (Å²) in [6.07, 6.45) is 0.791. The SMILES string of the molecule is Cc1ccccc1NC(=O)CSc1nc(Cc2ccccc2)c(C)[nH]1. The zero-order valence-corrected chi connectivity index (χ0v) is 15.2. The van der Waals surface area contributed by atoms with E-state index in [2.05, 4.69) is 27.4 Å². The first-order valence-electron chi connectivity index (χ1n) is 8.19. The summed E-state index contributed by atoms with van der Waals surface area (Å²) in [6, 6.07) is 18.0. The predicted molar refractivity (Wildman–Crippen MR) is 103 cm³/mol. The second kappa shape index (κ2) is 8.03. The Bertz CT molecular complexity index is 858. The van der Waals surface area contributed by atoms with Gasteiger partial charge in [-0.3, -0.25) is 4.79 Å². The van der Waals surface area contributed by atoms with E-state index in [1.807, 2.05) is 56.3 Å². The maximum absolute atomic E-state index is 12.1. The van der Waals surface area contributed by atoms with Crippen LogP contribution >= 0.6 is 11.8 Å². The van der Waals surface area contributed by atoms with Crippen LogP contribution < -0.4 is 5.32 Å². The molecule has 0 spiro atoms. The highest BCUT2D eigenvalue weighted by Gasteiger charge is 2.11. The molecule has 3 aromatic rings. The minimum absolute atomic E-state index is 0.0297. The van der Waals surface area contributed by atoms with Gasteiger partial charge < -0.3 is 10.3 Å². The molecule has 0 saturated carbocycles. The number of hydrogen-bond donors (Lipinski definition) is 2. The number of amides is 1. The van der Waals surface area contributed by atoms with E-state index >= 15 is 0 Å². The zero-order valence-electron chi connectivity index (χ0n) is 14.4. The number of thioether (sulfide) groups is 1. The Morgan fingerprint density at radius 2 is 1.80 bits per heavy atom. The number of carbonyl (C=O) groups excluding carboxylic acids is 1. The van der Waals surface area contributed by atoms with E-state index in [4.69, 9.17) is 0 Å². The van der Waals surface area contributed by atoms with Crippen LogP contribution in [0.2, 0.25) is 0 Å². The number of aryl methyl sites for hydroxylation is 2. The number of nitrogens with zero attached hydrogens (tertiary/aromatic N) is 1. The fraction of sp³-hybridized carbons (Fsp3) is 0.200. The Hall–Kier alpha value is -2.53. The van der Waals surface area contributed by atoms with Crippen molar-refractivity contribution < 1.29 is 4.79 Å². The van der Waals surface area contributed by atoms with E-state index in [0.717, 1.165) is 34.2 Å². The molecule has 128 valence electrons. The van der Waals surface area contributed by atoms with Crippen molar-refractivity contribution in [3.63, 3.8) is 0 Å². The first kappa shape index (κ1) is 17.3. The number of H-pyrrole nitrogens is 1. The summed E-state index contributed by atoms with van der Waals surface area (Å²) < 4.78 is 0. The molecule has 3 rings (SSSR count). The summed E-state index contributed by atoms with van der Waals surface area (Å²) in [6.45, 7) is 4.00. The average Bonchev–Trinajstić information content (AvgIpc) is 2.96. The first-order chi connectivity index (χ1) is 12.1. The van der Waals surface area contributed by atoms with E-state index < -0.39 is 0 Å². The van der Waals surface area contributed by atoms with E-state index in [-0.39, 0.29) is 5.91 Å². The molecule has 0 radical (unpaired) electrons. The Labute approximate surface area is 152 Å². The Kier molecular flexibility index (Phi) is 5.56. The molecule has 1 heterocycles. The second-order valence-corrected chi connectivity index (χ2v) is 6.89. The molecule has 0 aliphatic carbocycles. The lowest BCUT2D eigenvalue weighted by atomic mass is 10.1. The van der Waals surface area contributed by atoms with Crippen molar-refractivity contribution in [2.45, 2.75) is 25.4 Å². The van der Waals surface area contributed by atoms with Crippen molar-refractivity contribution in [3.8, 4) is 0 Å². The molecule has 5 heteroatoms. The normalized spacial score (nSPS) is 10.6. The molecule has 1 amide bonds. The largest absolute Gasteiger partial charge is 0.337 e. The number of rotatable bonds is 6. The van der Waals surface area contributed by atoms with Crippen molar-refractivity contribution in [1.29, 1.82) is 0 Å². The summed E-state index contributed by atoms with van der Waals surface area (Å²) in [5.74, 6) is 0.296. The monoisotopic (exact) mass is 351 g/mol. The van der Waals surface area contributed by atoms with Crippen LogP contribution in [0.25, 0.3) is 0 Å². The lowest BCUT2D eigenvalue weighted by Gasteiger charge is -2.07. The number of imidazole rings is 1. The number of benzene rings is 2. The van der Waals surface area contributed by atoms with Crippen LogP contribution in [0.1, 0.15) is 22.5 Å². The van der Waals surface area contributed by atoms with Crippen molar-refractivity contribution in [3.05, 3.63) is 77.1 Å². The zero-order chi connectivity index (χ0) is 17.6. The van der Waals surface area contributed by atoms with Crippen LogP contribution in [0.15, 0.2) is 59.8 Å². The van der Waals surface area contributed by atoms with Crippen molar-refractivity contribution in [2.75, 3.05) is 11.1 Å². The molecule has 0 atom stereocenters. The molecular weight excluding hydrogens is 330 g/mol. The summed E-state index contributed by atoms with van der Waals surface area (Å²) in [4.78, 5) is 20.0. The molecule has 2 aromatic carbocycles. The first-order valence-corrected chi connectivity index (χ1v) is 9.18. The van der Waals surface area contributed by atoms with Gasteiger partial charge in [-0.1, -0.05) is 60.3 Å². The lowest BCUT2D eigenvalue weighted by Crippen LogP contribution is -2.14. The molecule has 0 aliphatic heterocycles. The Balaban J connectivity index is 1.57. The quantitative estimate of drug-likeness (QED) is 0.649. The number of nitrogens with one attached hydrogen (secondary N) is 2. The second-order valence-electron chi connectivity index (χ2n) is 5.93. The molecule has 0 fully saturated rings. The predicted octanol–water partition coefficient (Wildman–Crippen LogP) is 4.35. The standard InChI is InChI=1S/C20H21N3OS/c1-14-8-6-7-11-17(14)22-19(24)13-25-20-21-15(2)18(23-20)12-16-9-4-3-5-10-16/h3-11H,12-13H2,1-2H3,(H,21,23)(H,22,24). The molecule has 0 bridgehead atoms. The van der Waals surface area contributed by atoms with E-state index in [0.29, 0.717) is 5.75 Å². The van der Waals surface area contributed by atoms with Gasteiger partial charge in [-0.2, -0.15) is 0 Å². The van der Waals surface area contributed by atoms with E-state index in [9.17, 15) is 4.79 Å². The van der Waals surface area contributed by atoms with E-state index in [1.54, 1.807) is 0 Å². The highest BCUT2D eigenvalue weighted by atomic mass is 32.2. The van der Waals surface area contributed by atoms with Crippen LogP contribution in [-0.4, -0.2) is 21.6 Å². The van der Waals surface area contributed by atoms with Gasteiger partial charge in [0.15, 0.2) is 5.16 Å². The summed E-state index contributed by atoms with van der Waals surface area (Å²) in [5, 5.41) is 3.72. The minimum Gasteiger partial charge on any atom is -0.337 e. The van der Waals surface area contributed by atoms with Gasteiger partial charge in [0.2, 0.25) is 5.91 Å².